The first-order valence-corrected chi connectivity index (χ1v) is 11.3. The Morgan fingerprint density at radius 1 is 1.06 bits per heavy atom. The molecule has 0 aromatic heterocycles. The van der Waals surface area contributed by atoms with Gasteiger partial charge in [0.05, 0.1) is 6.54 Å². The van der Waals surface area contributed by atoms with Gasteiger partial charge >= 0.3 is 0 Å². The van der Waals surface area contributed by atoms with Gasteiger partial charge in [-0.15, -0.1) is 0 Å². The van der Waals surface area contributed by atoms with Crippen LogP contribution in [-0.4, -0.2) is 60.4 Å². The van der Waals surface area contributed by atoms with Crippen molar-refractivity contribution in [1.82, 2.24) is 15.1 Å². The van der Waals surface area contributed by atoms with Crippen molar-refractivity contribution >= 4 is 29.1 Å². The van der Waals surface area contributed by atoms with Crippen LogP contribution in [0.2, 0.25) is 5.02 Å². The predicted molar refractivity (Wildman–Crippen MR) is 123 cm³/mol. The molecule has 2 amide bonds. The molecule has 164 valence electrons. The lowest BCUT2D eigenvalue weighted by Gasteiger charge is -2.38. The molecule has 0 bridgehead atoms. The molecule has 2 fully saturated rings. The first kappa shape index (κ1) is 21.8. The molecule has 2 aromatic rings. The number of halogens is 1. The molecule has 2 aliphatic rings. The van der Waals surface area contributed by atoms with Crippen LogP contribution >= 0.6 is 11.6 Å². The number of benzene rings is 2. The van der Waals surface area contributed by atoms with Crippen LogP contribution in [-0.2, 0) is 4.79 Å². The zero-order chi connectivity index (χ0) is 21.8. The number of rotatable bonds is 7. The summed E-state index contributed by atoms with van der Waals surface area (Å²) in [5.74, 6) is -0.144. The number of anilines is 1. The van der Waals surface area contributed by atoms with Crippen LogP contribution in [0, 0.1) is 0 Å². The SMILES string of the molecule is CC(c1ccccc1Cl)N1CCN(CC(=O)Nc2cccc(C(=O)NC3CC3)c2)CC1. The smallest absolute Gasteiger partial charge is 0.251 e. The maximum Gasteiger partial charge on any atom is 0.251 e. The summed E-state index contributed by atoms with van der Waals surface area (Å²) in [7, 11) is 0. The molecule has 1 aliphatic carbocycles. The number of nitrogens with one attached hydrogen (secondary N) is 2. The molecule has 7 heteroatoms. The van der Waals surface area contributed by atoms with Crippen molar-refractivity contribution in [3.8, 4) is 0 Å². The number of amides is 2. The van der Waals surface area contributed by atoms with E-state index in [1.165, 1.54) is 0 Å². The van der Waals surface area contributed by atoms with E-state index < -0.39 is 0 Å². The number of carbonyl (C=O) groups is 2. The molecule has 2 N–H and O–H groups in total. The van der Waals surface area contributed by atoms with E-state index in [1.54, 1.807) is 18.2 Å². The molecule has 0 spiro atoms. The minimum Gasteiger partial charge on any atom is -0.349 e. The summed E-state index contributed by atoms with van der Waals surface area (Å²) in [6, 6.07) is 15.6. The van der Waals surface area contributed by atoms with Crippen molar-refractivity contribution in [1.29, 1.82) is 0 Å². The predicted octanol–water partition coefficient (Wildman–Crippen LogP) is 3.55. The Kier molecular flexibility index (Phi) is 6.90. The largest absolute Gasteiger partial charge is 0.349 e. The minimum absolute atomic E-state index is 0.0626. The standard InChI is InChI=1S/C24H29ClN4O2/c1-17(21-7-2-3-8-22(21)25)29-13-11-28(12-14-29)16-23(30)26-20-6-4-5-18(15-20)24(31)27-19-9-10-19/h2-8,15,17,19H,9-14,16H2,1H3,(H,26,30)(H,27,31). The van der Waals surface area contributed by atoms with Crippen LogP contribution in [0.4, 0.5) is 5.69 Å². The van der Waals surface area contributed by atoms with Gasteiger partial charge in [0.2, 0.25) is 5.91 Å². The Morgan fingerprint density at radius 3 is 2.52 bits per heavy atom. The fraction of sp³-hybridized carbons (Fsp3) is 0.417. The van der Waals surface area contributed by atoms with Crippen LogP contribution in [0.3, 0.4) is 0 Å². The van der Waals surface area contributed by atoms with Crippen molar-refractivity contribution in [2.45, 2.75) is 31.8 Å². The summed E-state index contributed by atoms with van der Waals surface area (Å²) in [6.45, 7) is 5.94. The lowest BCUT2D eigenvalue weighted by molar-refractivity contribution is -0.117. The average molecular weight is 441 g/mol. The summed E-state index contributed by atoms with van der Waals surface area (Å²) in [5, 5.41) is 6.70. The molecular weight excluding hydrogens is 412 g/mol. The molecular formula is C24H29ClN4O2. The van der Waals surface area contributed by atoms with Crippen molar-refractivity contribution in [2.24, 2.45) is 0 Å². The molecule has 31 heavy (non-hydrogen) atoms. The molecule has 4 rings (SSSR count). The minimum atomic E-state index is -0.0811. The van der Waals surface area contributed by atoms with Crippen molar-refractivity contribution in [3.05, 3.63) is 64.7 Å². The van der Waals surface area contributed by atoms with Gasteiger partial charge in [0.15, 0.2) is 0 Å². The van der Waals surface area contributed by atoms with Crippen LogP contribution in [0.25, 0.3) is 0 Å². The molecule has 1 heterocycles. The van der Waals surface area contributed by atoms with Gasteiger partial charge in [-0.25, -0.2) is 0 Å². The van der Waals surface area contributed by atoms with Crippen LogP contribution < -0.4 is 10.6 Å². The summed E-state index contributed by atoms with van der Waals surface area (Å²) < 4.78 is 0. The Labute approximate surface area is 188 Å². The second kappa shape index (κ2) is 9.81. The highest BCUT2D eigenvalue weighted by atomic mass is 35.5. The molecule has 0 radical (unpaired) electrons. The van der Waals surface area contributed by atoms with Crippen LogP contribution in [0.1, 0.15) is 41.7 Å². The van der Waals surface area contributed by atoms with Gasteiger partial charge < -0.3 is 10.6 Å². The lowest BCUT2D eigenvalue weighted by atomic mass is 10.1. The van der Waals surface area contributed by atoms with Gasteiger partial charge in [-0.05, 0) is 49.6 Å². The highest BCUT2D eigenvalue weighted by Crippen LogP contribution is 2.27. The Morgan fingerprint density at radius 2 is 1.81 bits per heavy atom. The highest BCUT2D eigenvalue weighted by Gasteiger charge is 2.25. The van der Waals surface area contributed by atoms with E-state index in [9.17, 15) is 9.59 Å². The van der Waals surface area contributed by atoms with Crippen molar-refractivity contribution in [3.63, 3.8) is 0 Å². The maximum absolute atomic E-state index is 12.5. The third-order valence-electron chi connectivity index (χ3n) is 6.00. The monoisotopic (exact) mass is 440 g/mol. The number of hydrogen-bond donors (Lipinski definition) is 2. The molecule has 1 atom stereocenters. The molecule has 2 aromatic carbocycles. The molecule has 1 unspecified atom stereocenters. The Hall–Kier alpha value is -2.41. The fourth-order valence-electron chi connectivity index (χ4n) is 3.96. The van der Waals surface area contributed by atoms with Crippen LogP contribution in [0.5, 0.6) is 0 Å². The molecule has 1 aliphatic heterocycles. The maximum atomic E-state index is 12.5. The van der Waals surface area contributed by atoms with Gasteiger partial charge in [0, 0.05) is 54.5 Å². The van der Waals surface area contributed by atoms with E-state index in [-0.39, 0.29) is 17.9 Å². The van der Waals surface area contributed by atoms with E-state index in [0.717, 1.165) is 49.6 Å². The fourth-order valence-corrected chi connectivity index (χ4v) is 4.25. The summed E-state index contributed by atoms with van der Waals surface area (Å²) in [4.78, 5) is 29.3. The van der Waals surface area contributed by atoms with E-state index in [4.69, 9.17) is 11.6 Å². The number of hydrogen-bond acceptors (Lipinski definition) is 4. The van der Waals surface area contributed by atoms with Gasteiger partial charge in [-0.3, -0.25) is 19.4 Å². The first-order chi connectivity index (χ1) is 15.0. The Bertz CT molecular complexity index is 939. The van der Waals surface area contributed by atoms with Gasteiger partial charge in [0.25, 0.3) is 5.91 Å². The second-order valence-corrected chi connectivity index (χ2v) is 8.79. The molecule has 6 nitrogen and oxygen atoms in total. The van der Waals surface area contributed by atoms with E-state index in [1.807, 2.05) is 24.3 Å². The zero-order valence-corrected chi connectivity index (χ0v) is 18.6. The zero-order valence-electron chi connectivity index (χ0n) is 17.8. The normalized spacial score (nSPS) is 18.4. The van der Waals surface area contributed by atoms with E-state index >= 15 is 0 Å². The third-order valence-corrected chi connectivity index (χ3v) is 6.34. The van der Waals surface area contributed by atoms with E-state index in [0.29, 0.717) is 23.8 Å². The summed E-state index contributed by atoms with van der Waals surface area (Å²) >= 11 is 6.36. The topological polar surface area (TPSA) is 64.7 Å². The van der Waals surface area contributed by atoms with Gasteiger partial charge in [-0.1, -0.05) is 35.9 Å². The molecule has 1 saturated heterocycles. The lowest BCUT2D eigenvalue weighted by Crippen LogP contribution is -2.49. The Balaban J connectivity index is 1.26. The van der Waals surface area contributed by atoms with Gasteiger partial charge in [-0.2, -0.15) is 0 Å². The number of piperazine rings is 1. The highest BCUT2D eigenvalue weighted by molar-refractivity contribution is 6.31. The number of nitrogens with zero attached hydrogens (tertiary/aromatic N) is 2. The quantitative estimate of drug-likeness (QED) is 0.691. The van der Waals surface area contributed by atoms with Crippen LogP contribution in [0.15, 0.2) is 48.5 Å². The summed E-state index contributed by atoms with van der Waals surface area (Å²) in [5.41, 5.74) is 2.37. The number of carbonyl (C=O) groups excluding carboxylic acids is 2. The summed E-state index contributed by atoms with van der Waals surface area (Å²) in [6.07, 6.45) is 2.10. The van der Waals surface area contributed by atoms with E-state index in [2.05, 4.69) is 33.4 Å². The second-order valence-electron chi connectivity index (χ2n) is 8.39. The van der Waals surface area contributed by atoms with Crippen molar-refractivity contribution < 1.29 is 9.59 Å². The first-order valence-electron chi connectivity index (χ1n) is 10.9. The third kappa shape index (κ3) is 5.85. The van der Waals surface area contributed by atoms with Gasteiger partial charge in [0.1, 0.15) is 0 Å². The average Bonchev–Trinajstić information content (AvgIpc) is 3.58. The molecule has 1 saturated carbocycles. The van der Waals surface area contributed by atoms with Crippen molar-refractivity contribution in [2.75, 3.05) is 38.0 Å².